The van der Waals surface area contributed by atoms with Gasteiger partial charge in [0, 0.05) is 5.69 Å². The van der Waals surface area contributed by atoms with Gasteiger partial charge in [0.2, 0.25) is 5.91 Å². The molecule has 10 heteroatoms. The molecule has 1 atom stereocenters. The number of unbranched alkanes of at least 4 members (excludes halogenated alkanes) is 3. The van der Waals surface area contributed by atoms with Gasteiger partial charge in [0.25, 0.3) is 5.91 Å². The molecule has 0 saturated carbocycles. The number of benzene rings is 1. The number of alkyl halides is 3. The van der Waals surface area contributed by atoms with E-state index in [1.165, 1.54) is 12.1 Å². The molecule has 2 rings (SSSR count). The van der Waals surface area contributed by atoms with Gasteiger partial charge in [-0.3, -0.25) is 14.5 Å². The first-order chi connectivity index (χ1) is 13.5. The predicted octanol–water partition coefficient (Wildman–Crippen LogP) is 3.80. The van der Waals surface area contributed by atoms with Gasteiger partial charge in [0.15, 0.2) is 0 Å². The highest BCUT2D eigenvalue weighted by Gasteiger charge is 2.47. The van der Waals surface area contributed by atoms with Crippen LogP contribution in [0.5, 0.6) is 5.75 Å². The van der Waals surface area contributed by atoms with Crippen LogP contribution in [0.3, 0.4) is 0 Å². The summed E-state index contributed by atoms with van der Waals surface area (Å²) in [6, 6.07) is 3.90. The lowest BCUT2D eigenvalue weighted by Gasteiger charge is -2.21. The van der Waals surface area contributed by atoms with Crippen molar-refractivity contribution in [1.29, 1.82) is 0 Å². The summed E-state index contributed by atoms with van der Waals surface area (Å²) in [4.78, 5) is 37.8. The van der Waals surface area contributed by atoms with Gasteiger partial charge >= 0.3 is 12.4 Å². The first-order valence-electron chi connectivity index (χ1n) is 9.34. The molecular weight excluding hydrogens is 391 g/mol. The van der Waals surface area contributed by atoms with Crippen molar-refractivity contribution in [3.05, 3.63) is 24.3 Å². The fourth-order valence-corrected chi connectivity index (χ4v) is 3.05. The van der Waals surface area contributed by atoms with E-state index in [1.807, 2.05) is 0 Å². The fourth-order valence-electron chi connectivity index (χ4n) is 3.05. The number of carbonyl (C=O) groups excluding carboxylic acids is 3. The summed E-state index contributed by atoms with van der Waals surface area (Å²) in [5.41, 5.74) is -0.833. The second-order valence-corrected chi connectivity index (χ2v) is 7.08. The predicted molar refractivity (Wildman–Crippen MR) is 99.2 cm³/mol. The van der Waals surface area contributed by atoms with Gasteiger partial charge in [-0.2, -0.15) is 0 Å². The third-order valence-electron chi connectivity index (χ3n) is 4.55. The van der Waals surface area contributed by atoms with Crippen molar-refractivity contribution in [2.24, 2.45) is 0 Å². The van der Waals surface area contributed by atoms with E-state index in [0.29, 0.717) is 6.42 Å². The first kappa shape index (κ1) is 22.5. The minimum atomic E-state index is -4.81. The molecule has 1 heterocycles. The average molecular weight is 415 g/mol. The van der Waals surface area contributed by atoms with Crippen molar-refractivity contribution < 1.29 is 32.3 Å². The highest BCUT2D eigenvalue weighted by molar-refractivity contribution is 6.09. The van der Waals surface area contributed by atoms with Crippen LogP contribution >= 0.6 is 0 Å². The topological polar surface area (TPSA) is 87.7 Å². The molecule has 1 aromatic carbocycles. The van der Waals surface area contributed by atoms with Crippen molar-refractivity contribution in [3.63, 3.8) is 0 Å². The van der Waals surface area contributed by atoms with Crippen molar-refractivity contribution in [2.45, 2.75) is 57.9 Å². The van der Waals surface area contributed by atoms with Gasteiger partial charge in [-0.15, -0.1) is 13.2 Å². The van der Waals surface area contributed by atoms with E-state index in [-0.39, 0.29) is 5.69 Å². The molecule has 0 radical (unpaired) electrons. The summed E-state index contributed by atoms with van der Waals surface area (Å²) in [5.74, 6) is -1.54. The third kappa shape index (κ3) is 6.37. The minimum Gasteiger partial charge on any atom is -0.406 e. The molecule has 1 fully saturated rings. The number of halogens is 3. The summed E-state index contributed by atoms with van der Waals surface area (Å²) >= 11 is 0. The van der Waals surface area contributed by atoms with Gasteiger partial charge in [0.1, 0.15) is 17.8 Å². The number of ether oxygens (including phenoxy) is 1. The van der Waals surface area contributed by atoms with Crippen LogP contribution in [0.15, 0.2) is 24.3 Å². The highest BCUT2D eigenvalue weighted by atomic mass is 19.4. The summed E-state index contributed by atoms with van der Waals surface area (Å²) in [5, 5.41) is 5.08. The second kappa shape index (κ2) is 9.15. The van der Waals surface area contributed by atoms with Crippen molar-refractivity contribution in [3.8, 4) is 5.75 Å². The zero-order chi connectivity index (χ0) is 21.7. The molecule has 0 bridgehead atoms. The lowest BCUT2D eigenvalue weighted by molar-refractivity contribution is -0.274. The van der Waals surface area contributed by atoms with Gasteiger partial charge in [-0.25, -0.2) is 4.79 Å². The molecule has 1 aromatic rings. The number of rotatable bonds is 9. The Hall–Kier alpha value is -2.78. The monoisotopic (exact) mass is 415 g/mol. The van der Waals surface area contributed by atoms with Gasteiger partial charge in [-0.05, 0) is 37.6 Å². The molecule has 1 aliphatic rings. The van der Waals surface area contributed by atoms with E-state index < -0.39 is 42.0 Å². The van der Waals surface area contributed by atoms with E-state index in [2.05, 4.69) is 22.3 Å². The maximum absolute atomic E-state index is 12.6. The number of nitrogens with zero attached hydrogens (tertiary/aromatic N) is 1. The van der Waals surface area contributed by atoms with E-state index in [4.69, 9.17) is 0 Å². The Morgan fingerprint density at radius 1 is 1.17 bits per heavy atom. The van der Waals surface area contributed by atoms with Crippen LogP contribution < -0.4 is 15.4 Å². The van der Waals surface area contributed by atoms with E-state index in [1.54, 1.807) is 6.92 Å². The smallest absolute Gasteiger partial charge is 0.406 e. The third-order valence-corrected chi connectivity index (χ3v) is 4.55. The van der Waals surface area contributed by atoms with Crippen LogP contribution in [0.2, 0.25) is 0 Å². The van der Waals surface area contributed by atoms with E-state index in [9.17, 15) is 27.6 Å². The van der Waals surface area contributed by atoms with Crippen LogP contribution in [0.1, 0.15) is 46.0 Å². The molecule has 7 nitrogen and oxygen atoms in total. The van der Waals surface area contributed by atoms with Gasteiger partial charge in [0.05, 0.1) is 0 Å². The number of carbonyl (C=O) groups is 3. The summed E-state index contributed by atoms with van der Waals surface area (Å²) in [7, 11) is 0. The summed E-state index contributed by atoms with van der Waals surface area (Å²) in [6.07, 6.45) is -0.510. The van der Waals surface area contributed by atoms with E-state index >= 15 is 0 Å². The number of urea groups is 1. The van der Waals surface area contributed by atoms with Crippen molar-refractivity contribution >= 4 is 23.5 Å². The molecule has 29 heavy (non-hydrogen) atoms. The molecule has 0 spiro atoms. The van der Waals surface area contributed by atoms with Gasteiger partial charge < -0.3 is 15.4 Å². The molecule has 2 N–H and O–H groups in total. The van der Waals surface area contributed by atoms with Crippen LogP contribution in [0.4, 0.5) is 23.7 Å². The Morgan fingerprint density at radius 3 is 2.41 bits per heavy atom. The molecule has 4 amide bonds. The molecule has 160 valence electrons. The molecule has 1 unspecified atom stereocenters. The maximum Gasteiger partial charge on any atom is 0.573 e. The van der Waals surface area contributed by atoms with Crippen LogP contribution in [0, 0.1) is 0 Å². The number of nitrogens with one attached hydrogen (secondary N) is 2. The molecule has 0 aliphatic carbocycles. The Balaban J connectivity index is 1.91. The first-order valence-corrected chi connectivity index (χ1v) is 9.34. The lowest BCUT2D eigenvalue weighted by Crippen LogP contribution is -2.44. The Labute approximate surface area is 166 Å². The average Bonchev–Trinajstić information content (AvgIpc) is 2.83. The van der Waals surface area contributed by atoms with Crippen molar-refractivity contribution in [1.82, 2.24) is 10.2 Å². The summed E-state index contributed by atoms with van der Waals surface area (Å²) < 4.78 is 40.2. The largest absolute Gasteiger partial charge is 0.573 e. The van der Waals surface area contributed by atoms with Crippen molar-refractivity contribution in [2.75, 3.05) is 11.9 Å². The van der Waals surface area contributed by atoms with Crippen LogP contribution in [0.25, 0.3) is 0 Å². The quantitative estimate of drug-likeness (QED) is 0.474. The lowest BCUT2D eigenvalue weighted by atomic mass is 9.94. The molecule has 1 saturated heterocycles. The van der Waals surface area contributed by atoms with Gasteiger partial charge in [-0.1, -0.05) is 32.6 Å². The molecule has 0 aromatic heterocycles. The Morgan fingerprint density at radius 2 is 1.83 bits per heavy atom. The standard InChI is InChI=1S/C19H24F3N3O4/c1-3-4-5-6-11-18(2)16(27)25(17(28)24-18)12-15(26)23-13-7-9-14(10-8-13)29-19(20,21)22/h7-10H,3-6,11-12H2,1-2H3,(H,23,26)(H,24,28). The highest BCUT2D eigenvalue weighted by Crippen LogP contribution is 2.25. The summed E-state index contributed by atoms with van der Waals surface area (Å²) in [6.45, 7) is 3.22. The maximum atomic E-state index is 12.6. The van der Waals surface area contributed by atoms with E-state index in [0.717, 1.165) is 42.7 Å². The number of anilines is 1. The zero-order valence-corrected chi connectivity index (χ0v) is 16.3. The number of hydrogen-bond donors (Lipinski definition) is 2. The molecular formula is C19H24F3N3O4. The second-order valence-electron chi connectivity index (χ2n) is 7.08. The SMILES string of the molecule is CCCCCCC1(C)NC(=O)N(CC(=O)Nc2ccc(OC(F)(F)F)cc2)C1=O. The number of hydrogen-bond acceptors (Lipinski definition) is 4. The fraction of sp³-hybridized carbons (Fsp3) is 0.526. The number of imide groups is 1. The normalized spacial score (nSPS) is 19.3. The van der Waals surface area contributed by atoms with Crippen LogP contribution in [-0.4, -0.2) is 41.2 Å². The Bertz CT molecular complexity index is 752. The molecule has 1 aliphatic heterocycles. The number of amides is 4. The zero-order valence-electron chi connectivity index (χ0n) is 16.3. The minimum absolute atomic E-state index is 0.207. The van der Waals surface area contributed by atoms with Crippen LogP contribution in [-0.2, 0) is 9.59 Å². The Kier molecular flexibility index (Phi) is 7.10.